The average molecular weight is 210 g/mol. The molecular weight excluding hydrogens is 194 g/mol. The molecule has 4 heteroatoms. The van der Waals surface area contributed by atoms with Gasteiger partial charge in [-0.3, -0.25) is 4.79 Å². The summed E-state index contributed by atoms with van der Waals surface area (Å²) in [6.45, 7) is 1.63. The highest BCUT2D eigenvalue weighted by atomic mass is 16.4. The Hall–Kier alpha value is -1.37. The van der Waals surface area contributed by atoms with Crippen LogP contribution in [0.5, 0.6) is 0 Å². The van der Waals surface area contributed by atoms with E-state index in [-0.39, 0.29) is 0 Å². The Bertz CT molecular complexity index is 247. The van der Waals surface area contributed by atoms with Crippen LogP contribution in [0.25, 0.3) is 0 Å². The summed E-state index contributed by atoms with van der Waals surface area (Å²) in [7, 11) is 0. The highest BCUT2D eigenvalue weighted by Gasteiger charge is 2.06. The zero-order valence-electron chi connectivity index (χ0n) is 8.99. The lowest BCUT2D eigenvalue weighted by Crippen LogP contribution is -2.29. The lowest BCUT2D eigenvalue weighted by Gasteiger charge is -2.05. The highest BCUT2D eigenvalue weighted by Crippen LogP contribution is 2.12. The summed E-state index contributed by atoms with van der Waals surface area (Å²) >= 11 is 0. The van der Waals surface area contributed by atoms with Gasteiger partial charge in [-0.15, -0.1) is 0 Å². The van der Waals surface area contributed by atoms with Gasteiger partial charge in [0.1, 0.15) is 5.78 Å². The number of Topliss-reactive ketones (excluding diaryl/α,β-unsaturated/α-hetero) is 1. The largest absolute Gasteiger partial charge is 0.549 e. The Morgan fingerprint density at radius 1 is 1.47 bits per heavy atom. The molecule has 0 bridgehead atoms. The summed E-state index contributed by atoms with van der Waals surface area (Å²) in [4.78, 5) is 20.3. The third-order valence-electron chi connectivity index (χ3n) is 2.26. The zero-order valence-corrected chi connectivity index (χ0v) is 8.99. The smallest absolute Gasteiger partial charge is 0.132 e. The first-order valence-electron chi connectivity index (χ1n) is 5.24. The molecule has 0 aliphatic heterocycles. The number of hydrogen-bond donors (Lipinski definition) is 0. The fourth-order valence-corrected chi connectivity index (χ4v) is 1.26. The van der Waals surface area contributed by atoms with Crippen LogP contribution < -0.4 is 5.11 Å². The van der Waals surface area contributed by atoms with Crippen molar-refractivity contribution in [3.05, 3.63) is 0 Å². The average Bonchev–Trinajstić information content (AvgIpc) is 2.21. The molecule has 0 spiro atoms. The number of carboxylic acids is 1. The van der Waals surface area contributed by atoms with Gasteiger partial charge in [-0.2, -0.15) is 5.26 Å². The van der Waals surface area contributed by atoms with Gasteiger partial charge in [-0.05, 0) is 19.3 Å². The van der Waals surface area contributed by atoms with E-state index in [9.17, 15) is 14.7 Å². The van der Waals surface area contributed by atoms with E-state index in [1.54, 1.807) is 13.0 Å². The number of carbonyl (C=O) groups excluding carboxylic acids is 2. The number of aliphatic carboxylic acids is 1. The van der Waals surface area contributed by atoms with Crippen LogP contribution in [0, 0.1) is 17.2 Å². The molecule has 0 aromatic heterocycles. The Morgan fingerprint density at radius 2 is 2.00 bits per heavy atom. The molecule has 0 radical (unpaired) electrons. The third kappa shape index (κ3) is 6.67. The lowest BCUT2D eigenvalue weighted by molar-refractivity contribution is -0.309. The molecule has 1 aliphatic carbocycles. The molecule has 4 nitrogen and oxygen atoms in total. The van der Waals surface area contributed by atoms with Gasteiger partial charge in [-0.25, -0.2) is 0 Å². The summed E-state index contributed by atoms with van der Waals surface area (Å²) in [6.07, 6.45) is 5.56. The number of nitrogens with zero attached hydrogens (tertiary/aromatic N) is 1. The molecule has 1 saturated carbocycles. The van der Waals surface area contributed by atoms with Crippen LogP contribution in [0.3, 0.4) is 0 Å². The van der Waals surface area contributed by atoms with Crippen LogP contribution >= 0.6 is 0 Å². The Balaban J connectivity index is 0.000000262. The predicted molar refractivity (Wildman–Crippen MR) is 52.5 cm³/mol. The van der Waals surface area contributed by atoms with Crippen molar-refractivity contribution in [3.63, 3.8) is 0 Å². The second-order valence-corrected chi connectivity index (χ2v) is 3.51. The van der Waals surface area contributed by atoms with Crippen molar-refractivity contribution >= 4 is 11.8 Å². The molecule has 1 fully saturated rings. The van der Waals surface area contributed by atoms with Gasteiger partial charge in [0, 0.05) is 12.8 Å². The molecule has 1 rings (SSSR count). The monoisotopic (exact) mass is 210 g/mol. The van der Waals surface area contributed by atoms with Gasteiger partial charge in [-0.1, -0.05) is 13.3 Å². The molecule has 15 heavy (non-hydrogen) atoms. The van der Waals surface area contributed by atoms with Crippen molar-refractivity contribution in [2.75, 3.05) is 0 Å². The fraction of sp³-hybridized carbons (Fsp3) is 0.727. The van der Waals surface area contributed by atoms with Gasteiger partial charge >= 0.3 is 0 Å². The van der Waals surface area contributed by atoms with Crippen LogP contribution in [0.15, 0.2) is 0 Å². The number of carbonyl (C=O) groups is 2. The first-order chi connectivity index (χ1) is 7.11. The number of hydrogen-bond acceptors (Lipinski definition) is 4. The maximum atomic E-state index is 10.5. The van der Waals surface area contributed by atoms with Crippen molar-refractivity contribution in [1.82, 2.24) is 0 Å². The van der Waals surface area contributed by atoms with Crippen LogP contribution in [-0.4, -0.2) is 11.8 Å². The fourth-order valence-electron chi connectivity index (χ4n) is 1.26. The molecule has 0 aromatic carbocycles. The molecule has 0 N–H and O–H groups in total. The van der Waals surface area contributed by atoms with E-state index >= 15 is 0 Å². The SMILES string of the molecule is CCC(C#N)C(=O)[O-].O=C1CCCCC1. The maximum Gasteiger partial charge on any atom is 0.132 e. The third-order valence-corrected chi connectivity index (χ3v) is 2.26. The minimum absolute atomic E-state index is 0.318. The van der Waals surface area contributed by atoms with E-state index < -0.39 is 11.9 Å². The molecule has 1 aliphatic rings. The summed E-state index contributed by atoms with van der Waals surface area (Å²) < 4.78 is 0. The molecule has 0 aromatic rings. The number of carboxylic acid groups (broad SMARTS) is 1. The molecule has 84 valence electrons. The van der Waals surface area contributed by atoms with E-state index in [2.05, 4.69) is 0 Å². The zero-order chi connectivity index (χ0) is 11.7. The number of rotatable bonds is 2. The van der Waals surface area contributed by atoms with Crippen molar-refractivity contribution in [2.24, 2.45) is 5.92 Å². The lowest BCUT2D eigenvalue weighted by atomic mass is 10.00. The topological polar surface area (TPSA) is 81.0 Å². The van der Waals surface area contributed by atoms with Crippen molar-refractivity contribution in [3.8, 4) is 6.07 Å². The minimum Gasteiger partial charge on any atom is -0.549 e. The van der Waals surface area contributed by atoms with Crippen LogP contribution in [0.2, 0.25) is 0 Å². The number of nitriles is 1. The van der Waals surface area contributed by atoms with E-state index in [1.807, 2.05) is 0 Å². The normalized spacial score (nSPS) is 16.9. The second kappa shape index (κ2) is 7.98. The Labute approximate surface area is 89.9 Å². The van der Waals surface area contributed by atoms with E-state index in [1.165, 1.54) is 6.42 Å². The van der Waals surface area contributed by atoms with Gasteiger partial charge < -0.3 is 9.90 Å². The molecular formula is C11H16NO3-. The predicted octanol–water partition coefficient (Wildman–Crippen LogP) is 0.806. The summed E-state index contributed by atoms with van der Waals surface area (Å²) in [5.74, 6) is -1.75. The van der Waals surface area contributed by atoms with Crippen LogP contribution in [-0.2, 0) is 9.59 Å². The van der Waals surface area contributed by atoms with Crippen molar-refractivity contribution in [2.45, 2.75) is 45.4 Å². The van der Waals surface area contributed by atoms with Gasteiger partial charge in [0.05, 0.1) is 18.0 Å². The van der Waals surface area contributed by atoms with Gasteiger partial charge in [0.2, 0.25) is 0 Å². The van der Waals surface area contributed by atoms with E-state index in [0.29, 0.717) is 12.2 Å². The standard InChI is InChI=1S/C6H10O.C5H7NO2/c7-6-4-2-1-3-5-6;1-2-4(3-6)5(7)8/h1-5H2;4H,2H2,1H3,(H,7,8)/p-1. The van der Waals surface area contributed by atoms with Crippen LogP contribution in [0.1, 0.15) is 45.4 Å². The number of ketones is 1. The molecule has 1 atom stereocenters. The van der Waals surface area contributed by atoms with Crippen molar-refractivity contribution in [1.29, 1.82) is 5.26 Å². The van der Waals surface area contributed by atoms with Crippen molar-refractivity contribution < 1.29 is 14.7 Å². The summed E-state index contributed by atoms with van der Waals surface area (Å²) in [6, 6.07) is 1.59. The molecule has 0 heterocycles. The van der Waals surface area contributed by atoms with E-state index in [4.69, 9.17) is 5.26 Å². The molecule has 1 unspecified atom stereocenters. The van der Waals surface area contributed by atoms with Gasteiger partial charge in [0.15, 0.2) is 0 Å². The second-order valence-electron chi connectivity index (χ2n) is 3.51. The van der Waals surface area contributed by atoms with Gasteiger partial charge in [0.25, 0.3) is 0 Å². The molecule has 0 amide bonds. The van der Waals surface area contributed by atoms with E-state index in [0.717, 1.165) is 25.7 Å². The highest BCUT2D eigenvalue weighted by molar-refractivity contribution is 5.78. The Morgan fingerprint density at radius 3 is 2.13 bits per heavy atom. The summed E-state index contributed by atoms with van der Waals surface area (Å²) in [5, 5.41) is 17.9. The first-order valence-corrected chi connectivity index (χ1v) is 5.24. The maximum absolute atomic E-state index is 10.5. The Kier molecular flexibility index (Phi) is 7.25. The van der Waals surface area contributed by atoms with Crippen LogP contribution in [0.4, 0.5) is 0 Å². The summed E-state index contributed by atoms with van der Waals surface area (Å²) in [5.41, 5.74) is 0. The first kappa shape index (κ1) is 13.6. The minimum atomic E-state index is -1.28. The quantitative estimate of drug-likeness (QED) is 0.675. The molecule has 0 saturated heterocycles.